The van der Waals surface area contributed by atoms with E-state index in [4.69, 9.17) is 0 Å². The molecule has 0 atom stereocenters. The summed E-state index contributed by atoms with van der Waals surface area (Å²) in [5.74, 6) is -0.0257. The molecule has 6 heteroatoms. The van der Waals surface area contributed by atoms with Crippen LogP contribution in [0.5, 0.6) is 0 Å². The largest absolute Gasteiger partial charge is 0.347 e. The van der Waals surface area contributed by atoms with Gasteiger partial charge in [-0.05, 0) is 11.6 Å². The van der Waals surface area contributed by atoms with E-state index in [0.29, 0.717) is 12.1 Å². The summed E-state index contributed by atoms with van der Waals surface area (Å²) >= 11 is 0. The minimum atomic E-state index is -0.0257. The molecular weight excluding hydrogens is 242 g/mol. The lowest BCUT2D eigenvalue weighted by atomic mass is 10.1. The lowest BCUT2D eigenvalue weighted by molar-refractivity contribution is 0.0923. The van der Waals surface area contributed by atoms with E-state index in [1.807, 2.05) is 24.3 Å². The van der Waals surface area contributed by atoms with E-state index in [9.17, 15) is 4.79 Å². The van der Waals surface area contributed by atoms with Crippen LogP contribution in [0.4, 0.5) is 0 Å². The van der Waals surface area contributed by atoms with Crippen molar-refractivity contribution in [3.05, 3.63) is 48.0 Å². The molecule has 1 fully saturated rings. The molecule has 19 heavy (non-hydrogen) atoms. The number of carbonyl (C=O) groups excluding carboxylic acids is 1. The lowest BCUT2D eigenvalue weighted by Gasteiger charge is -2.28. The molecule has 0 radical (unpaired) electrons. The first-order valence-corrected chi connectivity index (χ1v) is 6.25. The molecule has 0 unspecified atom stereocenters. The second kappa shape index (κ2) is 5.19. The minimum Gasteiger partial charge on any atom is -0.347 e. The third kappa shape index (κ3) is 2.63. The number of benzene rings is 1. The molecule has 2 N–H and O–H groups in total. The van der Waals surface area contributed by atoms with E-state index >= 15 is 0 Å². The van der Waals surface area contributed by atoms with Crippen molar-refractivity contribution in [2.24, 2.45) is 0 Å². The first-order valence-electron chi connectivity index (χ1n) is 6.25. The quantitative estimate of drug-likeness (QED) is 0.810. The van der Waals surface area contributed by atoms with Gasteiger partial charge in [-0.15, -0.1) is 0 Å². The van der Waals surface area contributed by atoms with E-state index in [1.54, 1.807) is 11.0 Å². The highest BCUT2D eigenvalue weighted by Gasteiger charge is 2.20. The Morgan fingerprint density at radius 2 is 2.26 bits per heavy atom. The second-order valence-electron chi connectivity index (χ2n) is 4.58. The van der Waals surface area contributed by atoms with Crippen LogP contribution >= 0.6 is 0 Å². The number of nitrogens with zero attached hydrogens (tertiary/aromatic N) is 3. The number of amides is 1. The standard InChI is InChI=1S/C13H15N5O/c19-13(17-11-5-14-6-11)12-4-2-1-3-10(12)7-18-9-15-8-16-18/h1-4,8-9,11,14H,5-7H2,(H,17,19). The zero-order chi connectivity index (χ0) is 13.1. The van der Waals surface area contributed by atoms with Gasteiger partial charge < -0.3 is 10.6 Å². The third-order valence-electron chi connectivity index (χ3n) is 3.18. The highest BCUT2D eigenvalue weighted by Crippen LogP contribution is 2.10. The zero-order valence-corrected chi connectivity index (χ0v) is 10.4. The summed E-state index contributed by atoms with van der Waals surface area (Å²) in [7, 11) is 0. The van der Waals surface area contributed by atoms with Crippen LogP contribution in [0.15, 0.2) is 36.9 Å². The summed E-state index contributed by atoms with van der Waals surface area (Å²) in [6.07, 6.45) is 3.13. The van der Waals surface area contributed by atoms with Gasteiger partial charge in [-0.1, -0.05) is 18.2 Å². The average Bonchev–Trinajstić information content (AvgIpc) is 2.87. The fraction of sp³-hybridized carbons (Fsp3) is 0.308. The third-order valence-corrected chi connectivity index (χ3v) is 3.18. The molecule has 6 nitrogen and oxygen atoms in total. The molecule has 1 aliphatic rings. The van der Waals surface area contributed by atoms with E-state index in [0.717, 1.165) is 18.7 Å². The van der Waals surface area contributed by atoms with Crippen LogP contribution in [0.1, 0.15) is 15.9 Å². The van der Waals surface area contributed by atoms with E-state index in [2.05, 4.69) is 20.7 Å². The van der Waals surface area contributed by atoms with Crippen LogP contribution in [-0.2, 0) is 6.54 Å². The maximum absolute atomic E-state index is 12.2. The zero-order valence-electron chi connectivity index (χ0n) is 10.4. The molecule has 98 valence electrons. The Hall–Kier alpha value is -2.21. The molecule has 2 aromatic rings. The smallest absolute Gasteiger partial charge is 0.251 e. The summed E-state index contributed by atoms with van der Waals surface area (Å²) in [6, 6.07) is 7.82. The van der Waals surface area contributed by atoms with Crippen molar-refractivity contribution < 1.29 is 4.79 Å². The van der Waals surface area contributed by atoms with Gasteiger partial charge in [0.1, 0.15) is 12.7 Å². The number of carbonyl (C=O) groups is 1. The van der Waals surface area contributed by atoms with Crippen LogP contribution in [0.2, 0.25) is 0 Å². The Morgan fingerprint density at radius 3 is 2.95 bits per heavy atom. The first kappa shape index (κ1) is 11.9. The van der Waals surface area contributed by atoms with Crippen molar-refractivity contribution in [3.8, 4) is 0 Å². The number of hydrogen-bond acceptors (Lipinski definition) is 4. The molecule has 0 spiro atoms. The van der Waals surface area contributed by atoms with Gasteiger partial charge in [0.2, 0.25) is 0 Å². The Balaban J connectivity index is 1.78. The average molecular weight is 257 g/mol. The van der Waals surface area contributed by atoms with Gasteiger partial charge in [0.05, 0.1) is 12.6 Å². The van der Waals surface area contributed by atoms with Gasteiger partial charge >= 0.3 is 0 Å². The monoisotopic (exact) mass is 257 g/mol. The molecule has 0 bridgehead atoms. The topological polar surface area (TPSA) is 71.8 Å². The Labute approximate surface area is 110 Å². The van der Waals surface area contributed by atoms with E-state index in [-0.39, 0.29) is 11.9 Å². The van der Waals surface area contributed by atoms with Crippen molar-refractivity contribution in [2.45, 2.75) is 12.6 Å². The van der Waals surface area contributed by atoms with Gasteiger partial charge in [-0.3, -0.25) is 4.79 Å². The molecule has 0 saturated carbocycles. The predicted octanol–water partition coefficient (Wildman–Crippen LogP) is 0.0280. The van der Waals surface area contributed by atoms with Crippen LogP contribution in [0.3, 0.4) is 0 Å². The Kier molecular flexibility index (Phi) is 3.24. The number of rotatable bonds is 4. The maximum atomic E-state index is 12.2. The molecule has 3 rings (SSSR count). The molecule has 1 aromatic carbocycles. The second-order valence-corrected chi connectivity index (χ2v) is 4.58. The highest BCUT2D eigenvalue weighted by molar-refractivity contribution is 5.95. The molecular formula is C13H15N5O. The number of nitrogens with one attached hydrogen (secondary N) is 2. The number of aromatic nitrogens is 3. The molecule has 1 aliphatic heterocycles. The van der Waals surface area contributed by atoms with Crippen LogP contribution in [-0.4, -0.2) is 39.8 Å². The minimum absolute atomic E-state index is 0.0257. The van der Waals surface area contributed by atoms with E-state index < -0.39 is 0 Å². The molecule has 0 aliphatic carbocycles. The summed E-state index contributed by atoms with van der Waals surface area (Å²) in [6.45, 7) is 2.24. The normalized spacial score (nSPS) is 14.9. The molecule has 1 amide bonds. The van der Waals surface area contributed by atoms with Crippen LogP contribution < -0.4 is 10.6 Å². The fourth-order valence-electron chi connectivity index (χ4n) is 2.02. The maximum Gasteiger partial charge on any atom is 0.251 e. The van der Waals surface area contributed by atoms with E-state index in [1.165, 1.54) is 6.33 Å². The Bertz CT molecular complexity index is 562. The molecule has 1 aromatic heterocycles. The van der Waals surface area contributed by atoms with Gasteiger partial charge in [0.25, 0.3) is 5.91 Å². The van der Waals surface area contributed by atoms with Crippen molar-refractivity contribution in [2.75, 3.05) is 13.1 Å². The molecule has 2 heterocycles. The lowest BCUT2D eigenvalue weighted by Crippen LogP contribution is -2.57. The Morgan fingerprint density at radius 1 is 1.42 bits per heavy atom. The first-order chi connectivity index (χ1) is 9.33. The van der Waals surface area contributed by atoms with Gasteiger partial charge in [-0.2, -0.15) is 5.10 Å². The number of hydrogen-bond donors (Lipinski definition) is 2. The van der Waals surface area contributed by atoms with Gasteiger partial charge in [0, 0.05) is 18.7 Å². The molecule has 1 saturated heterocycles. The fourth-order valence-corrected chi connectivity index (χ4v) is 2.02. The van der Waals surface area contributed by atoms with Crippen LogP contribution in [0, 0.1) is 0 Å². The highest BCUT2D eigenvalue weighted by atomic mass is 16.1. The summed E-state index contributed by atoms with van der Waals surface area (Å²) in [4.78, 5) is 16.1. The summed E-state index contributed by atoms with van der Waals surface area (Å²) in [5, 5.41) is 10.2. The predicted molar refractivity (Wildman–Crippen MR) is 69.7 cm³/mol. The SMILES string of the molecule is O=C(NC1CNC1)c1ccccc1Cn1cncn1. The summed E-state index contributed by atoms with van der Waals surface area (Å²) < 4.78 is 1.71. The van der Waals surface area contributed by atoms with Crippen molar-refractivity contribution in [1.82, 2.24) is 25.4 Å². The van der Waals surface area contributed by atoms with Crippen molar-refractivity contribution >= 4 is 5.91 Å². The van der Waals surface area contributed by atoms with Crippen molar-refractivity contribution in [3.63, 3.8) is 0 Å². The summed E-state index contributed by atoms with van der Waals surface area (Å²) in [5.41, 5.74) is 1.64. The van der Waals surface area contributed by atoms with Crippen molar-refractivity contribution in [1.29, 1.82) is 0 Å². The van der Waals surface area contributed by atoms with Crippen LogP contribution in [0.25, 0.3) is 0 Å². The van der Waals surface area contributed by atoms with Gasteiger partial charge in [-0.25, -0.2) is 9.67 Å². The van der Waals surface area contributed by atoms with Gasteiger partial charge in [0.15, 0.2) is 0 Å².